The minimum absolute atomic E-state index is 0.183. The first-order chi connectivity index (χ1) is 11.8. The lowest BCUT2D eigenvalue weighted by molar-refractivity contribution is -0.136. The maximum Gasteiger partial charge on any atom is 0.307 e. The highest BCUT2D eigenvalue weighted by Gasteiger charge is 2.43. The van der Waals surface area contributed by atoms with Crippen LogP contribution < -0.4 is 0 Å². The summed E-state index contributed by atoms with van der Waals surface area (Å²) in [5.41, 5.74) is 1.72. The Labute approximate surface area is 158 Å². The van der Waals surface area contributed by atoms with Crippen molar-refractivity contribution in [2.24, 2.45) is 0 Å². The fourth-order valence-electron chi connectivity index (χ4n) is 3.24. The maximum absolute atomic E-state index is 13.1. The van der Waals surface area contributed by atoms with Crippen molar-refractivity contribution in [3.8, 4) is 0 Å². The summed E-state index contributed by atoms with van der Waals surface area (Å²) >= 11 is 9.07. The molecule has 2 atom stereocenters. The zero-order chi connectivity index (χ0) is 18.3. The van der Waals surface area contributed by atoms with E-state index in [1.54, 1.807) is 29.7 Å². The second-order valence-corrected chi connectivity index (χ2v) is 8.57. The van der Waals surface area contributed by atoms with Gasteiger partial charge in [-0.15, -0.1) is 34.7 Å². The molecule has 1 aliphatic carbocycles. The van der Waals surface area contributed by atoms with Crippen LogP contribution in [0.5, 0.6) is 0 Å². The Hall–Kier alpha value is -1.57. The summed E-state index contributed by atoms with van der Waals surface area (Å²) in [7, 11) is 0. The van der Waals surface area contributed by atoms with Crippen molar-refractivity contribution in [3.63, 3.8) is 0 Å². The Morgan fingerprint density at radius 2 is 2.16 bits per heavy atom. The van der Waals surface area contributed by atoms with Gasteiger partial charge >= 0.3 is 5.97 Å². The lowest BCUT2D eigenvalue weighted by atomic mass is 9.89. The monoisotopic (exact) mass is 397 g/mol. The molecule has 1 aromatic heterocycles. The molecule has 1 amide bonds. The van der Waals surface area contributed by atoms with Crippen LogP contribution >= 0.6 is 34.7 Å². The van der Waals surface area contributed by atoms with Gasteiger partial charge in [-0.1, -0.05) is 0 Å². The number of aliphatic carboxylic acids is 1. The molecule has 1 aromatic rings. The average Bonchev–Trinajstić information content (AvgIpc) is 3.12. The van der Waals surface area contributed by atoms with Gasteiger partial charge in [0.25, 0.3) is 5.91 Å². The summed E-state index contributed by atoms with van der Waals surface area (Å²) in [6, 6.07) is 3.28. The molecule has 2 aliphatic rings. The van der Waals surface area contributed by atoms with Crippen LogP contribution in [0.2, 0.25) is 0 Å². The Bertz CT molecular complexity index is 826. The molecule has 0 saturated heterocycles. The molecule has 25 heavy (non-hydrogen) atoms. The standard InChI is InChI=1S/C17H16ClNO4S2/c1-8-9(6-15(21)22)10-5-13(20)11(18)7-12(10)19(8)17(23)14-3-4-16(24-2)25-14/h3-5,11-12H,6-7H2,1-2H3,(H,21,22). The molecule has 1 aliphatic heterocycles. The van der Waals surface area contributed by atoms with E-state index in [2.05, 4.69) is 0 Å². The van der Waals surface area contributed by atoms with Crippen LogP contribution in [0.3, 0.4) is 0 Å². The zero-order valence-corrected chi connectivity index (χ0v) is 16.0. The molecule has 2 unspecified atom stereocenters. The first-order valence-corrected chi connectivity index (χ1v) is 10.1. The van der Waals surface area contributed by atoms with Gasteiger partial charge in [-0.05, 0) is 49.0 Å². The van der Waals surface area contributed by atoms with Gasteiger partial charge in [0, 0.05) is 5.70 Å². The number of carboxylic acids is 1. The van der Waals surface area contributed by atoms with E-state index in [0.29, 0.717) is 28.1 Å². The van der Waals surface area contributed by atoms with Gasteiger partial charge in [-0.2, -0.15) is 0 Å². The van der Waals surface area contributed by atoms with E-state index in [9.17, 15) is 19.5 Å². The topological polar surface area (TPSA) is 74.7 Å². The third-order valence-corrected chi connectivity index (χ3v) is 6.94. The molecule has 0 radical (unpaired) electrons. The highest BCUT2D eigenvalue weighted by atomic mass is 35.5. The number of halogens is 1. The van der Waals surface area contributed by atoms with E-state index in [4.69, 9.17) is 11.6 Å². The van der Waals surface area contributed by atoms with Crippen molar-refractivity contribution >= 4 is 52.4 Å². The number of amides is 1. The Morgan fingerprint density at radius 3 is 2.76 bits per heavy atom. The maximum atomic E-state index is 13.1. The van der Waals surface area contributed by atoms with Crippen LogP contribution in [-0.4, -0.2) is 45.3 Å². The second kappa shape index (κ2) is 6.97. The number of carbonyl (C=O) groups excluding carboxylic acids is 2. The average molecular weight is 398 g/mol. The fraction of sp³-hybridized carbons (Fsp3) is 0.353. The predicted molar refractivity (Wildman–Crippen MR) is 98.4 cm³/mol. The summed E-state index contributed by atoms with van der Waals surface area (Å²) in [6.45, 7) is 1.73. The van der Waals surface area contributed by atoms with E-state index >= 15 is 0 Å². The first-order valence-electron chi connectivity index (χ1n) is 7.62. The molecular weight excluding hydrogens is 382 g/mol. The number of hydrogen-bond acceptors (Lipinski definition) is 5. The van der Waals surface area contributed by atoms with Gasteiger partial charge in [-0.3, -0.25) is 14.4 Å². The predicted octanol–water partition coefficient (Wildman–Crippen LogP) is 3.55. The van der Waals surface area contributed by atoms with Gasteiger partial charge in [0.1, 0.15) is 0 Å². The Balaban J connectivity index is 2.03. The fourth-order valence-corrected chi connectivity index (χ4v) is 4.95. The van der Waals surface area contributed by atoms with Gasteiger partial charge in [0.2, 0.25) is 0 Å². The highest BCUT2D eigenvalue weighted by Crippen LogP contribution is 2.42. The van der Waals surface area contributed by atoms with E-state index in [1.807, 2.05) is 12.3 Å². The van der Waals surface area contributed by atoms with Gasteiger partial charge < -0.3 is 10.0 Å². The zero-order valence-electron chi connectivity index (χ0n) is 13.6. The number of carbonyl (C=O) groups is 3. The molecule has 0 bridgehead atoms. The minimum atomic E-state index is -0.996. The lowest BCUT2D eigenvalue weighted by Gasteiger charge is -2.30. The summed E-state index contributed by atoms with van der Waals surface area (Å²) in [5, 5.41) is 8.50. The number of thiophene rings is 1. The Kier molecular flexibility index (Phi) is 5.09. The number of rotatable bonds is 4. The van der Waals surface area contributed by atoms with Gasteiger partial charge in [-0.25, -0.2) is 0 Å². The van der Waals surface area contributed by atoms with Gasteiger partial charge in [0.05, 0.1) is 26.9 Å². The van der Waals surface area contributed by atoms with Crippen molar-refractivity contribution in [1.82, 2.24) is 4.90 Å². The van der Waals surface area contributed by atoms with E-state index < -0.39 is 11.3 Å². The van der Waals surface area contributed by atoms with Crippen LogP contribution in [0.1, 0.15) is 29.4 Å². The van der Waals surface area contributed by atoms with E-state index in [-0.39, 0.29) is 24.2 Å². The molecule has 0 aromatic carbocycles. The quantitative estimate of drug-likeness (QED) is 0.621. The van der Waals surface area contributed by atoms with Crippen molar-refractivity contribution in [1.29, 1.82) is 0 Å². The third-order valence-electron chi connectivity index (χ3n) is 4.39. The van der Waals surface area contributed by atoms with Crippen LogP contribution in [0.15, 0.2) is 39.3 Å². The Morgan fingerprint density at radius 1 is 1.44 bits per heavy atom. The molecule has 8 heteroatoms. The molecule has 2 heterocycles. The van der Waals surface area contributed by atoms with E-state index in [1.165, 1.54) is 17.4 Å². The van der Waals surface area contributed by atoms with Crippen LogP contribution in [0.4, 0.5) is 0 Å². The van der Waals surface area contributed by atoms with Crippen molar-refractivity contribution < 1.29 is 19.5 Å². The highest BCUT2D eigenvalue weighted by molar-refractivity contribution is 8.00. The second-order valence-electron chi connectivity index (χ2n) is 5.85. The SMILES string of the molecule is CSc1ccc(C(=O)N2C(C)=C(CC(=O)O)C3=CC(=O)C(Cl)CC32)s1. The normalized spacial score (nSPS) is 22.9. The summed E-state index contributed by atoms with van der Waals surface area (Å²) in [4.78, 5) is 38.5. The largest absolute Gasteiger partial charge is 0.481 e. The number of fused-ring (bicyclic) bond motifs is 1. The number of carboxylic acid groups (broad SMARTS) is 1. The third kappa shape index (κ3) is 3.28. The first kappa shape index (κ1) is 18.2. The molecule has 0 spiro atoms. The number of allylic oxidation sites excluding steroid dienone is 2. The number of alkyl halides is 1. The number of ketones is 1. The lowest BCUT2D eigenvalue weighted by Crippen LogP contribution is -2.40. The van der Waals surface area contributed by atoms with Crippen LogP contribution in [0.25, 0.3) is 0 Å². The molecule has 1 N–H and O–H groups in total. The number of hydrogen-bond donors (Lipinski definition) is 1. The number of thioether (sulfide) groups is 1. The molecule has 0 fully saturated rings. The molecule has 132 valence electrons. The molecule has 0 saturated carbocycles. The smallest absolute Gasteiger partial charge is 0.307 e. The van der Waals surface area contributed by atoms with E-state index in [0.717, 1.165) is 4.21 Å². The van der Waals surface area contributed by atoms with Crippen LogP contribution in [-0.2, 0) is 9.59 Å². The summed E-state index contributed by atoms with van der Waals surface area (Å²) in [6.07, 6.45) is 3.41. The van der Waals surface area contributed by atoms with Crippen LogP contribution in [0, 0.1) is 0 Å². The van der Waals surface area contributed by atoms with Crippen molar-refractivity contribution in [2.45, 2.75) is 35.4 Å². The molecule has 5 nitrogen and oxygen atoms in total. The van der Waals surface area contributed by atoms with Crippen molar-refractivity contribution in [3.05, 3.63) is 39.9 Å². The molecular formula is C17H16ClNO4S2. The number of nitrogens with zero attached hydrogens (tertiary/aromatic N) is 1. The summed E-state index contributed by atoms with van der Waals surface area (Å²) in [5.74, 6) is -1.42. The molecule has 3 rings (SSSR count). The minimum Gasteiger partial charge on any atom is -0.481 e. The van der Waals surface area contributed by atoms with Gasteiger partial charge in [0.15, 0.2) is 5.78 Å². The van der Waals surface area contributed by atoms with Crippen molar-refractivity contribution in [2.75, 3.05) is 6.26 Å². The summed E-state index contributed by atoms with van der Waals surface area (Å²) < 4.78 is 1.03.